The van der Waals surface area contributed by atoms with Gasteiger partial charge in [-0.15, -0.1) is 0 Å². The van der Waals surface area contributed by atoms with Gasteiger partial charge in [0, 0.05) is 17.7 Å². The fourth-order valence-corrected chi connectivity index (χ4v) is 3.73. The Hall–Kier alpha value is -3.35. The van der Waals surface area contributed by atoms with E-state index in [-0.39, 0.29) is 17.7 Å². The Morgan fingerprint density at radius 1 is 1.10 bits per heavy atom. The standard InChI is InChI=1S/C23H26N2O5/c1-4-23(13-12-20(26)25-22(23)28)16-7-9-17(10-8-16)24-21(27)15-6-11-18(30-5-2)19(14-15)29-3/h6-11,14H,4-5,12-13H2,1-3H3,(H,24,27)(H,25,26,28). The van der Waals surface area contributed by atoms with Crippen LogP contribution in [-0.4, -0.2) is 31.4 Å². The van der Waals surface area contributed by atoms with Crippen molar-refractivity contribution < 1.29 is 23.9 Å². The minimum atomic E-state index is -0.723. The van der Waals surface area contributed by atoms with E-state index >= 15 is 0 Å². The highest BCUT2D eigenvalue weighted by Crippen LogP contribution is 2.36. The molecule has 0 bridgehead atoms. The van der Waals surface area contributed by atoms with Gasteiger partial charge in [-0.2, -0.15) is 0 Å². The van der Waals surface area contributed by atoms with Crippen molar-refractivity contribution >= 4 is 23.4 Å². The summed E-state index contributed by atoms with van der Waals surface area (Å²) in [4.78, 5) is 36.7. The minimum absolute atomic E-state index is 0.237. The van der Waals surface area contributed by atoms with Crippen molar-refractivity contribution in [3.63, 3.8) is 0 Å². The van der Waals surface area contributed by atoms with Crippen molar-refractivity contribution in [2.45, 2.75) is 38.5 Å². The number of nitrogens with one attached hydrogen (secondary N) is 2. The number of carbonyl (C=O) groups is 3. The zero-order valence-electron chi connectivity index (χ0n) is 17.4. The maximum atomic E-state index is 12.6. The molecule has 2 aromatic carbocycles. The van der Waals surface area contributed by atoms with Crippen LogP contribution in [0.2, 0.25) is 0 Å². The molecule has 1 atom stereocenters. The van der Waals surface area contributed by atoms with Crippen molar-refractivity contribution in [2.75, 3.05) is 19.0 Å². The molecule has 0 aromatic heterocycles. The fourth-order valence-electron chi connectivity index (χ4n) is 3.73. The third-order valence-electron chi connectivity index (χ3n) is 5.49. The number of amides is 3. The number of carbonyl (C=O) groups excluding carboxylic acids is 3. The van der Waals surface area contributed by atoms with Gasteiger partial charge in [0.05, 0.1) is 19.1 Å². The lowest BCUT2D eigenvalue weighted by molar-refractivity contribution is -0.138. The molecule has 0 aliphatic carbocycles. The monoisotopic (exact) mass is 410 g/mol. The van der Waals surface area contributed by atoms with E-state index in [4.69, 9.17) is 9.47 Å². The topological polar surface area (TPSA) is 93.7 Å². The summed E-state index contributed by atoms with van der Waals surface area (Å²) in [6.07, 6.45) is 1.38. The first kappa shape index (κ1) is 21.4. The Bertz CT molecular complexity index is 955. The smallest absolute Gasteiger partial charge is 0.255 e. The first-order valence-electron chi connectivity index (χ1n) is 10.0. The highest BCUT2D eigenvalue weighted by atomic mass is 16.5. The van der Waals surface area contributed by atoms with Crippen LogP contribution in [0.25, 0.3) is 0 Å². The van der Waals surface area contributed by atoms with Crippen molar-refractivity contribution in [2.24, 2.45) is 0 Å². The second kappa shape index (κ2) is 8.98. The summed E-state index contributed by atoms with van der Waals surface area (Å²) in [5.74, 6) is 0.283. The molecule has 2 N–H and O–H groups in total. The number of hydrogen-bond acceptors (Lipinski definition) is 5. The molecule has 30 heavy (non-hydrogen) atoms. The molecular formula is C23H26N2O5. The Morgan fingerprint density at radius 2 is 1.83 bits per heavy atom. The second-order valence-corrected chi connectivity index (χ2v) is 7.14. The minimum Gasteiger partial charge on any atom is -0.493 e. The lowest BCUT2D eigenvalue weighted by atomic mass is 9.72. The van der Waals surface area contributed by atoms with E-state index in [9.17, 15) is 14.4 Å². The molecule has 1 unspecified atom stereocenters. The summed E-state index contributed by atoms with van der Waals surface area (Å²) in [5.41, 5.74) is 1.15. The van der Waals surface area contributed by atoms with Crippen molar-refractivity contribution in [3.05, 3.63) is 53.6 Å². The lowest BCUT2D eigenvalue weighted by Gasteiger charge is -2.35. The predicted octanol–water partition coefficient (Wildman–Crippen LogP) is 3.43. The number of rotatable bonds is 7. The van der Waals surface area contributed by atoms with Gasteiger partial charge in [0.25, 0.3) is 5.91 Å². The Morgan fingerprint density at radius 3 is 2.43 bits per heavy atom. The van der Waals surface area contributed by atoms with E-state index in [1.807, 2.05) is 26.0 Å². The van der Waals surface area contributed by atoms with E-state index in [2.05, 4.69) is 10.6 Å². The van der Waals surface area contributed by atoms with Gasteiger partial charge in [-0.25, -0.2) is 0 Å². The van der Waals surface area contributed by atoms with Crippen LogP contribution in [0.15, 0.2) is 42.5 Å². The van der Waals surface area contributed by atoms with Gasteiger partial charge in [0.15, 0.2) is 11.5 Å². The lowest BCUT2D eigenvalue weighted by Crippen LogP contribution is -2.51. The number of benzene rings is 2. The van der Waals surface area contributed by atoms with Crippen LogP contribution in [0.5, 0.6) is 11.5 Å². The summed E-state index contributed by atoms with van der Waals surface area (Å²) >= 11 is 0. The predicted molar refractivity (Wildman–Crippen MR) is 113 cm³/mol. The zero-order valence-corrected chi connectivity index (χ0v) is 17.4. The Balaban J connectivity index is 1.76. The Labute approximate surface area is 175 Å². The van der Waals surface area contributed by atoms with Gasteiger partial charge < -0.3 is 14.8 Å². The van der Waals surface area contributed by atoms with Gasteiger partial charge in [0.2, 0.25) is 11.8 Å². The Kier molecular flexibility index (Phi) is 6.40. The normalized spacial score (nSPS) is 18.5. The molecule has 0 radical (unpaired) electrons. The number of anilines is 1. The molecule has 3 amide bonds. The first-order chi connectivity index (χ1) is 14.4. The van der Waals surface area contributed by atoms with E-state index < -0.39 is 5.41 Å². The van der Waals surface area contributed by atoms with Crippen LogP contribution in [0.1, 0.15) is 49.0 Å². The molecule has 7 heteroatoms. The number of methoxy groups -OCH3 is 1. The molecule has 1 saturated heterocycles. The van der Waals surface area contributed by atoms with Crippen molar-refractivity contribution in [1.29, 1.82) is 0 Å². The van der Waals surface area contributed by atoms with E-state index in [1.54, 1.807) is 30.3 Å². The summed E-state index contributed by atoms with van der Waals surface area (Å²) < 4.78 is 10.8. The van der Waals surface area contributed by atoms with E-state index in [0.29, 0.717) is 48.6 Å². The number of imide groups is 1. The third-order valence-corrected chi connectivity index (χ3v) is 5.49. The summed E-state index contributed by atoms with van der Waals surface area (Å²) in [5, 5.41) is 5.29. The molecule has 0 spiro atoms. The molecule has 1 aliphatic heterocycles. The molecular weight excluding hydrogens is 384 g/mol. The van der Waals surface area contributed by atoms with Crippen LogP contribution in [0, 0.1) is 0 Å². The third kappa shape index (κ3) is 4.15. The highest BCUT2D eigenvalue weighted by molar-refractivity contribution is 6.05. The van der Waals surface area contributed by atoms with E-state index in [1.165, 1.54) is 7.11 Å². The molecule has 3 rings (SSSR count). The highest BCUT2D eigenvalue weighted by Gasteiger charge is 2.42. The van der Waals surface area contributed by atoms with Crippen molar-refractivity contribution in [3.8, 4) is 11.5 Å². The van der Waals surface area contributed by atoms with Crippen LogP contribution >= 0.6 is 0 Å². The van der Waals surface area contributed by atoms with Crippen molar-refractivity contribution in [1.82, 2.24) is 5.32 Å². The zero-order chi connectivity index (χ0) is 21.7. The van der Waals surface area contributed by atoms with Gasteiger partial charge in [-0.1, -0.05) is 19.1 Å². The fraction of sp³-hybridized carbons (Fsp3) is 0.348. The summed E-state index contributed by atoms with van der Waals surface area (Å²) in [6.45, 7) is 4.31. The SMILES string of the molecule is CCOc1ccc(C(=O)Nc2ccc(C3(CC)CCC(=O)NC3=O)cc2)cc1OC. The maximum Gasteiger partial charge on any atom is 0.255 e. The van der Waals surface area contributed by atoms with Gasteiger partial charge in [0.1, 0.15) is 0 Å². The van der Waals surface area contributed by atoms with Gasteiger partial charge >= 0.3 is 0 Å². The summed E-state index contributed by atoms with van der Waals surface area (Å²) in [7, 11) is 1.52. The second-order valence-electron chi connectivity index (χ2n) is 7.14. The average molecular weight is 410 g/mol. The molecule has 1 heterocycles. The van der Waals surface area contributed by atoms with E-state index in [0.717, 1.165) is 5.56 Å². The largest absolute Gasteiger partial charge is 0.493 e. The number of piperidine rings is 1. The van der Waals surface area contributed by atoms with Gasteiger partial charge in [-0.05, 0) is 55.7 Å². The maximum absolute atomic E-state index is 12.6. The van der Waals surface area contributed by atoms with Gasteiger partial charge in [-0.3, -0.25) is 19.7 Å². The summed E-state index contributed by atoms with van der Waals surface area (Å²) in [6, 6.07) is 12.2. The molecule has 7 nitrogen and oxygen atoms in total. The average Bonchev–Trinajstić information content (AvgIpc) is 2.75. The first-order valence-corrected chi connectivity index (χ1v) is 10.0. The molecule has 2 aromatic rings. The van der Waals surface area contributed by atoms with Crippen LogP contribution < -0.4 is 20.1 Å². The van der Waals surface area contributed by atoms with Crippen LogP contribution in [-0.2, 0) is 15.0 Å². The number of hydrogen-bond donors (Lipinski definition) is 2. The molecule has 1 aliphatic rings. The van der Waals surface area contributed by atoms with Crippen LogP contribution in [0.3, 0.4) is 0 Å². The molecule has 1 fully saturated rings. The molecule has 158 valence electrons. The quantitative estimate of drug-likeness (QED) is 0.682. The molecule has 0 saturated carbocycles. The van der Waals surface area contributed by atoms with Crippen LogP contribution in [0.4, 0.5) is 5.69 Å². The number of ether oxygens (including phenoxy) is 2.